The molecule has 1 atom stereocenters. The molecule has 5 nitrogen and oxygen atoms in total. The molecule has 1 heterocycles. The summed E-state index contributed by atoms with van der Waals surface area (Å²) in [5, 5.41) is 2.53. The summed E-state index contributed by atoms with van der Waals surface area (Å²) in [6.07, 6.45) is -4.68. The van der Waals surface area contributed by atoms with Crippen LogP contribution in [-0.4, -0.2) is 30.1 Å². The molecular formula is C25H18ClF4N3O2. The second kappa shape index (κ2) is 9.50. The summed E-state index contributed by atoms with van der Waals surface area (Å²) in [7, 11) is 0. The standard InChI is InChI=1S/C25H18ClF4N3O2/c1-14-24(35)33(13-22(34)32-20-9-5-3-7-18(20)25(28,29)30)21-11-10-15(26)12-17(21)23(31-14)16-6-2-4-8-19(16)27/h2-12,14H,13H2,1H3,(H,32,34)/t14-/m1/s1. The average molecular weight is 504 g/mol. The number of halogens is 5. The third kappa shape index (κ3) is 5.05. The van der Waals surface area contributed by atoms with Crippen molar-refractivity contribution in [1.82, 2.24) is 0 Å². The molecule has 1 aliphatic heterocycles. The Bertz CT molecular complexity index is 1340. The van der Waals surface area contributed by atoms with Gasteiger partial charge in [0.25, 0.3) is 5.91 Å². The molecular weight excluding hydrogens is 486 g/mol. The summed E-state index contributed by atoms with van der Waals surface area (Å²) in [5.74, 6) is -2.00. The molecule has 0 bridgehead atoms. The van der Waals surface area contributed by atoms with Crippen LogP contribution in [0.3, 0.4) is 0 Å². The van der Waals surface area contributed by atoms with E-state index in [1.807, 2.05) is 0 Å². The second-order valence-corrected chi connectivity index (χ2v) is 8.25. The minimum absolute atomic E-state index is 0.140. The fourth-order valence-corrected chi connectivity index (χ4v) is 3.97. The minimum Gasteiger partial charge on any atom is -0.324 e. The third-order valence-corrected chi connectivity index (χ3v) is 5.62. The highest BCUT2D eigenvalue weighted by Gasteiger charge is 2.35. The molecule has 0 saturated heterocycles. The number of benzodiazepines with no additional fused rings is 1. The number of amides is 2. The highest BCUT2D eigenvalue weighted by molar-refractivity contribution is 6.32. The maximum atomic E-state index is 14.6. The molecule has 1 aliphatic rings. The quantitative estimate of drug-likeness (QED) is 0.464. The van der Waals surface area contributed by atoms with E-state index in [1.165, 1.54) is 55.5 Å². The normalized spacial score (nSPS) is 15.8. The molecule has 0 saturated carbocycles. The number of fused-ring (bicyclic) bond motifs is 1. The van der Waals surface area contributed by atoms with Gasteiger partial charge >= 0.3 is 6.18 Å². The van der Waals surface area contributed by atoms with Gasteiger partial charge in [-0.1, -0.05) is 35.9 Å². The van der Waals surface area contributed by atoms with E-state index in [4.69, 9.17) is 11.6 Å². The van der Waals surface area contributed by atoms with Crippen LogP contribution in [0.25, 0.3) is 0 Å². The van der Waals surface area contributed by atoms with Crippen LogP contribution >= 0.6 is 11.6 Å². The predicted molar refractivity (Wildman–Crippen MR) is 125 cm³/mol. The molecule has 4 rings (SSSR count). The van der Waals surface area contributed by atoms with Crippen LogP contribution in [0, 0.1) is 5.82 Å². The van der Waals surface area contributed by atoms with Crippen LogP contribution in [0.4, 0.5) is 28.9 Å². The van der Waals surface area contributed by atoms with Crippen LogP contribution in [0.5, 0.6) is 0 Å². The van der Waals surface area contributed by atoms with Crippen LogP contribution in [0.2, 0.25) is 5.02 Å². The molecule has 1 N–H and O–H groups in total. The number of para-hydroxylation sites is 1. The number of rotatable bonds is 4. The van der Waals surface area contributed by atoms with Gasteiger partial charge in [-0.2, -0.15) is 13.2 Å². The summed E-state index contributed by atoms with van der Waals surface area (Å²) in [4.78, 5) is 31.5. The maximum Gasteiger partial charge on any atom is 0.418 e. The van der Waals surface area contributed by atoms with Gasteiger partial charge in [0.1, 0.15) is 18.4 Å². The van der Waals surface area contributed by atoms with E-state index in [-0.39, 0.29) is 17.0 Å². The lowest BCUT2D eigenvalue weighted by molar-refractivity contribution is -0.137. The lowest BCUT2D eigenvalue weighted by atomic mass is 9.99. The smallest absolute Gasteiger partial charge is 0.324 e. The van der Waals surface area contributed by atoms with Gasteiger partial charge in [0.05, 0.1) is 22.6 Å². The van der Waals surface area contributed by atoms with E-state index >= 15 is 0 Å². The Morgan fingerprint density at radius 3 is 2.46 bits per heavy atom. The second-order valence-electron chi connectivity index (χ2n) is 7.81. The number of anilines is 2. The number of nitrogens with one attached hydrogen (secondary N) is 1. The Morgan fingerprint density at radius 1 is 1.06 bits per heavy atom. The predicted octanol–water partition coefficient (Wildman–Crippen LogP) is 5.71. The van der Waals surface area contributed by atoms with Crippen molar-refractivity contribution in [2.45, 2.75) is 19.1 Å². The zero-order chi connectivity index (χ0) is 25.3. The van der Waals surface area contributed by atoms with Gasteiger partial charge in [-0.3, -0.25) is 14.6 Å². The number of benzene rings is 3. The van der Waals surface area contributed by atoms with Crippen molar-refractivity contribution in [2.75, 3.05) is 16.8 Å². The summed E-state index contributed by atoms with van der Waals surface area (Å²) >= 11 is 6.18. The molecule has 0 fully saturated rings. The summed E-state index contributed by atoms with van der Waals surface area (Å²) < 4.78 is 54.6. The lowest BCUT2D eigenvalue weighted by Gasteiger charge is -2.24. The molecule has 0 spiro atoms. The van der Waals surface area contributed by atoms with E-state index in [9.17, 15) is 27.2 Å². The fourth-order valence-electron chi connectivity index (χ4n) is 3.80. The van der Waals surface area contributed by atoms with Crippen molar-refractivity contribution >= 4 is 40.5 Å². The molecule has 180 valence electrons. The zero-order valence-corrected chi connectivity index (χ0v) is 19.0. The zero-order valence-electron chi connectivity index (χ0n) is 18.2. The summed E-state index contributed by atoms with van der Waals surface area (Å²) in [6, 6.07) is 13.9. The van der Waals surface area contributed by atoms with Gasteiger partial charge in [-0.25, -0.2) is 4.39 Å². The Morgan fingerprint density at radius 2 is 1.74 bits per heavy atom. The van der Waals surface area contributed by atoms with Crippen molar-refractivity contribution < 1.29 is 27.2 Å². The van der Waals surface area contributed by atoms with E-state index in [0.29, 0.717) is 10.6 Å². The highest BCUT2D eigenvalue weighted by atomic mass is 35.5. The number of hydrogen-bond donors (Lipinski definition) is 1. The molecule has 3 aromatic rings. The molecule has 2 amide bonds. The van der Waals surface area contributed by atoms with Crippen LogP contribution in [0.1, 0.15) is 23.6 Å². The molecule has 10 heteroatoms. The third-order valence-electron chi connectivity index (χ3n) is 5.39. The van der Waals surface area contributed by atoms with Crippen molar-refractivity contribution in [3.63, 3.8) is 0 Å². The SMILES string of the molecule is C[C@H]1N=C(c2ccccc2F)c2cc(Cl)ccc2N(CC(=O)Nc2ccccc2C(F)(F)F)C1=O. The van der Waals surface area contributed by atoms with Gasteiger partial charge in [-0.15, -0.1) is 0 Å². The first-order valence-electron chi connectivity index (χ1n) is 10.5. The molecule has 35 heavy (non-hydrogen) atoms. The monoisotopic (exact) mass is 503 g/mol. The molecule has 0 aliphatic carbocycles. The van der Waals surface area contributed by atoms with Gasteiger partial charge < -0.3 is 10.2 Å². The number of aliphatic imine (C=N–C) groups is 1. The van der Waals surface area contributed by atoms with Gasteiger partial charge in [-0.05, 0) is 49.4 Å². The van der Waals surface area contributed by atoms with Gasteiger partial charge in [0.2, 0.25) is 5.91 Å². The number of carbonyl (C=O) groups is 2. The average Bonchev–Trinajstić information content (AvgIpc) is 2.89. The van der Waals surface area contributed by atoms with Crippen molar-refractivity contribution in [3.05, 3.63) is 94.3 Å². The first kappa shape index (κ1) is 24.4. The number of hydrogen-bond acceptors (Lipinski definition) is 3. The Labute approximate surface area is 203 Å². The molecule has 3 aromatic carbocycles. The van der Waals surface area contributed by atoms with Crippen molar-refractivity contribution in [3.8, 4) is 0 Å². The largest absolute Gasteiger partial charge is 0.418 e. The maximum absolute atomic E-state index is 14.6. The first-order valence-corrected chi connectivity index (χ1v) is 10.8. The minimum atomic E-state index is -4.68. The summed E-state index contributed by atoms with van der Waals surface area (Å²) in [5.41, 5.74) is -0.595. The van der Waals surface area contributed by atoms with E-state index in [0.717, 1.165) is 17.0 Å². The topological polar surface area (TPSA) is 61.8 Å². The molecule has 0 radical (unpaired) electrons. The van der Waals surface area contributed by atoms with E-state index in [2.05, 4.69) is 10.3 Å². The van der Waals surface area contributed by atoms with Crippen LogP contribution in [-0.2, 0) is 15.8 Å². The Kier molecular flexibility index (Phi) is 6.62. The Hall–Kier alpha value is -3.72. The van der Waals surface area contributed by atoms with Crippen molar-refractivity contribution in [2.24, 2.45) is 4.99 Å². The van der Waals surface area contributed by atoms with Gasteiger partial charge in [0.15, 0.2) is 0 Å². The number of alkyl halides is 3. The van der Waals surface area contributed by atoms with E-state index in [1.54, 1.807) is 6.07 Å². The van der Waals surface area contributed by atoms with Crippen LogP contribution in [0.15, 0.2) is 71.7 Å². The number of nitrogens with zero attached hydrogens (tertiary/aromatic N) is 2. The van der Waals surface area contributed by atoms with Crippen LogP contribution < -0.4 is 10.2 Å². The molecule has 0 unspecified atom stereocenters. The molecule has 0 aromatic heterocycles. The Balaban J connectivity index is 1.73. The highest BCUT2D eigenvalue weighted by Crippen LogP contribution is 2.35. The first-order chi connectivity index (χ1) is 16.6. The number of carbonyl (C=O) groups excluding carboxylic acids is 2. The van der Waals surface area contributed by atoms with E-state index < -0.39 is 47.6 Å². The van der Waals surface area contributed by atoms with Crippen molar-refractivity contribution in [1.29, 1.82) is 0 Å². The van der Waals surface area contributed by atoms with Gasteiger partial charge in [0, 0.05) is 16.1 Å². The lowest BCUT2D eigenvalue weighted by Crippen LogP contribution is -2.42. The summed E-state index contributed by atoms with van der Waals surface area (Å²) in [6.45, 7) is 0.893. The fraction of sp³-hybridized carbons (Fsp3) is 0.160.